The minimum Gasteiger partial charge on any atom is -0.481 e. The third-order valence-electron chi connectivity index (χ3n) is 3.25. The van der Waals surface area contributed by atoms with Gasteiger partial charge in [0, 0.05) is 12.1 Å². The summed E-state index contributed by atoms with van der Waals surface area (Å²) in [5.74, 6) is -3.53. The van der Waals surface area contributed by atoms with Crippen LogP contribution in [0.1, 0.15) is 19.3 Å². The molecule has 0 unspecified atom stereocenters. The molecule has 0 radical (unpaired) electrons. The topological polar surface area (TPSA) is 83.5 Å². The van der Waals surface area contributed by atoms with Gasteiger partial charge >= 0.3 is 5.97 Å². The first-order chi connectivity index (χ1) is 9.28. The van der Waals surface area contributed by atoms with Gasteiger partial charge in [0.2, 0.25) is 10.0 Å². The molecule has 0 amide bonds. The van der Waals surface area contributed by atoms with Gasteiger partial charge in [-0.25, -0.2) is 21.9 Å². The van der Waals surface area contributed by atoms with Gasteiger partial charge in [0.1, 0.15) is 11.6 Å². The fourth-order valence-electron chi connectivity index (χ4n) is 2.28. The van der Waals surface area contributed by atoms with Crippen LogP contribution in [-0.4, -0.2) is 25.5 Å². The fourth-order valence-corrected chi connectivity index (χ4v) is 3.61. The van der Waals surface area contributed by atoms with Crippen LogP contribution in [0, 0.1) is 17.6 Å². The molecule has 0 spiro atoms. The third-order valence-corrected chi connectivity index (χ3v) is 4.75. The Labute approximate surface area is 114 Å². The normalized spacial score (nSPS) is 22.9. The van der Waals surface area contributed by atoms with Crippen molar-refractivity contribution in [1.29, 1.82) is 0 Å². The zero-order chi connectivity index (χ0) is 14.9. The van der Waals surface area contributed by atoms with Crippen LogP contribution >= 0.6 is 0 Å². The lowest BCUT2D eigenvalue weighted by molar-refractivity contribution is -0.141. The van der Waals surface area contributed by atoms with Gasteiger partial charge in [0.25, 0.3) is 0 Å². The molecule has 2 atom stereocenters. The largest absolute Gasteiger partial charge is 0.481 e. The van der Waals surface area contributed by atoms with Crippen molar-refractivity contribution in [2.24, 2.45) is 5.92 Å². The number of sulfonamides is 1. The molecule has 1 aliphatic carbocycles. The molecule has 0 bridgehead atoms. The number of rotatable bonds is 4. The molecule has 2 rings (SSSR count). The lowest BCUT2D eigenvalue weighted by atomic mass is 10.1. The van der Waals surface area contributed by atoms with Crippen LogP contribution in [0.4, 0.5) is 8.78 Å². The Morgan fingerprint density at radius 1 is 1.20 bits per heavy atom. The summed E-state index contributed by atoms with van der Waals surface area (Å²) in [7, 11) is -4.06. The first-order valence-electron chi connectivity index (χ1n) is 5.99. The van der Waals surface area contributed by atoms with E-state index in [2.05, 4.69) is 4.72 Å². The van der Waals surface area contributed by atoms with Crippen molar-refractivity contribution in [1.82, 2.24) is 4.72 Å². The average molecular weight is 305 g/mol. The summed E-state index contributed by atoms with van der Waals surface area (Å²) in [6.07, 6.45) is 0.931. The third kappa shape index (κ3) is 3.31. The van der Waals surface area contributed by atoms with Crippen LogP contribution in [0.3, 0.4) is 0 Å². The van der Waals surface area contributed by atoms with Gasteiger partial charge in [-0.3, -0.25) is 4.79 Å². The molecule has 1 fully saturated rings. The van der Waals surface area contributed by atoms with E-state index in [0.29, 0.717) is 18.9 Å². The molecule has 1 aliphatic rings. The van der Waals surface area contributed by atoms with Crippen molar-refractivity contribution in [3.05, 3.63) is 29.8 Å². The Hall–Kier alpha value is -1.54. The Balaban J connectivity index is 2.14. The van der Waals surface area contributed by atoms with Crippen LogP contribution in [0.25, 0.3) is 0 Å². The number of halogens is 2. The van der Waals surface area contributed by atoms with E-state index in [0.717, 1.165) is 12.1 Å². The minimum atomic E-state index is -4.06. The van der Waals surface area contributed by atoms with Gasteiger partial charge in [-0.05, 0) is 31.4 Å². The number of aliphatic carboxylic acids is 1. The maximum absolute atomic E-state index is 13.0. The molecule has 1 aromatic carbocycles. The highest BCUT2D eigenvalue weighted by Gasteiger charge is 2.32. The van der Waals surface area contributed by atoms with E-state index in [9.17, 15) is 22.0 Å². The molecule has 110 valence electrons. The highest BCUT2D eigenvalue weighted by atomic mass is 32.2. The highest BCUT2D eigenvalue weighted by molar-refractivity contribution is 7.89. The summed E-state index contributed by atoms with van der Waals surface area (Å²) < 4.78 is 52.3. The predicted molar refractivity (Wildman–Crippen MR) is 65.4 cm³/mol. The zero-order valence-electron chi connectivity index (χ0n) is 10.3. The summed E-state index contributed by atoms with van der Waals surface area (Å²) in [4.78, 5) is 10.3. The lowest BCUT2D eigenvalue weighted by Gasteiger charge is -2.13. The summed E-state index contributed by atoms with van der Waals surface area (Å²) in [5.41, 5.74) is 0. The van der Waals surface area contributed by atoms with Gasteiger partial charge < -0.3 is 5.11 Å². The Kier molecular flexibility index (Phi) is 4.05. The summed E-state index contributed by atoms with van der Waals surface area (Å²) in [6.45, 7) is 0. The zero-order valence-corrected chi connectivity index (χ0v) is 11.2. The minimum absolute atomic E-state index is 0.173. The van der Waals surface area contributed by atoms with Gasteiger partial charge in [-0.15, -0.1) is 0 Å². The summed E-state index contributed by atoms with van der Waals surface area (Å²) in [6, 6.07) is 1.48. The van der Waals surface area contributed by atoms with E-state index in [4.69, 9.17) is 5.11 Å². The van der Waals surface area contributed by atoms with Crippen LogP contribution in [0.2, 0.25) is 0 Å². The number of carboxylic acids is 1. The number of benzene rings is 1. The van der Waals surface area contributed by atoms with Crippen molar-refractivity contribution in [2.75, 3.05) is 0 Å². The number of nitrogens with one attached hydrogen (secondary N) is 1. The van der Waals surface area contributed by atoms with Crippen molar-refractivity contribution >= 4 is 16.0 Å². The van der Waals surface area contributed by atoms with E-state index >= 15 is 0 Å². The molecule has 0 saturated heterocycles. The first-order valence-corrected chi connectivity index (χ1v) is 7.47. The maximum Gasteiger partial charge on any atom is 0.306 e. The Morgan fingerprint density at radius 2 is 1.80 bits per heavy atom. The first kappa shape index (κ1) is 14.9. The van der Waals surface area contributed by atoms with Crippen molar-refractivity contribution in [2.45, 2.75) is 30.2 Å². The molecule has 0 aromatic heterocycles. The quantitative estimate of drug-likeness (QED) is 0.883. The molecule has 0 heterocycles. The van der Waals surface area contributed by atoms with Crippen LogP contribution in [-0.2, 0) is 14.8 Å². The van der Waals surface area contributed by atoms with Gasteiger partial charge in [-0.2, -0.15) is 0 Å². The lowest BCUT2D eigenvalue weighted by Crippen LogP contribution is -2.33. The van der Waals surface area contributed by atoms with E-state index in [1.807, 2.05) is 0 Å². The van der Waals surface area contributed by atoms with E-state index in [1.54, 1.807) is 0 Å². The maximum atomic E-state index is 13.0. The highest BCUT2D eigenvalue weighted by Crippen LogP contribution is 2.27. The molecule has 5 nitrogen and oxygen atoms in total. The Morgan fingerprint density at radius 3 is 2.30 bits per heavy atom. The van der Waals surface area contributed by atoms with Gasteiger partial charge in [0.15, 0.2) is 0 Å². The van der Waals surface area contributed by atoms with E-state index in [-0.39, 0.29) is 6.42 Å². The number of hydrogen-bond acceptors (Lipinski definition) is 3. The van der Waals surface area contributed by atoms with Crippen LogP contribution in [0.5, 0.6) is 0 Å². The molecule has 2 N–H and O–H groups in total. The number of carbonyl (C=O) groups is 1. The smallest absolute Gasteiger partial charge is 0.306 e. The van der Waals surface area contributed by atoms with Crippen molar-refractivity contribution in [3.8, 4) is 0 Å². The Bertz CT molecular complexity index is 612. The molecule has 20 heavy (non-hydrogen) atoms. The van der Waals surface area contributed by atoms with Crippen LogP contribution < -0.4 is 4.72 Å². The van der Waals surface area contributed by atoms with Gasteiger partial charge in [-0.1, -0.05) is 0 Å². The molecule has 1 aromatic rings. The molecule has 1 saturated carbocycles. The fraction of sp³-hybridized carbons (Fsp3) is 0.417. The van der Waals surface area contributed by atoms with E-state index in [1.165, 1.54) is 0 Å². The van der Waals surface area contributed by atoms with Gasteiger partial charge in [0.05, 0.1) is 10.8 Å². The molecular formula is C12H13F2NO4S. The second kappa shape index (κ2) is 5.45. The van der Waals surface area contributed by atoms with Crippen molar-refractivity contribution < 1.29 is 27.1 Å². The number of carboxylic acid groups (broad SMARTS) is 1. The van der Waals surface area contributed by atoms with E-state index < -0.39 is 44.5 Å². The molecule has 8 heteroatoms. The monoisotopic (exact) mass is 305 g/mol. The predicted octanol–water partition coefficient (Wildman–Crippen LogP) is 1.50. The standard InChI is InChI=1S/C12H13F2NO4S/c13-8-4-9(14)6-11(5-8)20(18,19)15-10-2-1-7(3-10)12(16)17/h4-7,10,15H,1-3H2,(H,16,17)/t7-,10+/m1/s1. The SMILES string of the molecule is O=C(O)[C@@H]1CC[C@H](NS(=O)(=O)c2cc(F)cc(F)c2)C1. The average Bonchev–Trinajstić information content (AvgIpc) is 2.75. The van der Waals surface area contributed by atoms with Crippen LogP contribution in [0.15, 0.2) is 23.1 Å². The molecular weight excluding hydrogens is 292 g/mol. The van der Waals surface area contributed by atoms with Crippen molar-refractivity contribution in [3.63, 3.8) is 0 Å². The molecule has 0 aliphatic heterocycles. The summed E-state index contributed by atoms with van der Waals surface area (Å²) >= 11 is 0. The number of hydrogen-bond donors (Lipinski definition) is 2. The summed E-state index contributed by atoms with van der Waals surface area (Å²) in [5, 5.41) is 8.84. The second-order valence-electron chi connectivity index (χ2n) is 4.77. The second-order valence-corrected chi connectivity index (χ2v) is 6.49.